The molecule has 1 aromatic heterocycles. The van der Waals surface area contributed by atoms with Gasteiger partial charge in [0.2, 0.25) is 5.91 Å². The third-order valence-electron chi connectivity index (χ3n) is 2.68. The molecule has 100 valence electrons. The van der Waals surface area contributed by atoms with E-state index in [4.69, 9.17) is 5.73 Å². The molecule has 1 aromatic rings. The number of nitrogens with two attached hydrogens (primary N) is 1. The molecule has 0 bridgehead atoms. The lowest BCUT2D eigenvalue weighted by Gasteiger charge is -2.17. The quantitative estimate of drug-likeness (QED) is 0.786. The Morgan fingerprint density at radius 3 is 2.89 bits per heavy atom. The second-order valence-corrected chi connectivity index (χ2v) is 4.49. The topological polar surface area (TPSA) is 71.2 Å². The van der Waals surface area contributed by atoms with Crippen LogP contribution in [0, 0.1) is 0 Å². The van der Waals surface area contributed by atoms with Crippen LogP contribution in [0.3, 0.4) is 0 Å². The minimum atomic E-state index is -0.422. The summed E-state index contributed by atoms with van der Waals surface area (Å²) in [6.45, 7) is 2.47. The lowest BCUT2D eigenvalue weighted by atomic mass is 10.1. The van der Waals surface area contributed by atoms with E-state index < -0.39 is 6.04 Å². The van der Waals surface area contributed by atoms with Gasteiger partial charge in [0.15, 0.2) is 0 Å². The molecule has 3 N–H and O–H groups in total. The van der Waals surface area contributed by atoms with Crippen molar-refractivity contribution in [3.8, 4) is 0 Å². The highest BCUT2D eigenvalue weighted by Crippen LogP contribution is 2.13. The van der Waals surface area contributed by atoms with Crippen LogP contribution in [-0.2, 0) is 11.3 Å². The number of nitrogens with zero attached hydrogens (tertiary/aromatic N) is 2. The van der Waals surface area contributed by atoms with Gasteiger partial charge in [-0.25, -0.2) is 4.98 Å². The number of aromatic nitrogens is 1. The average Bonchev–Trinajstić information content (AvgIpc) is 2.36. The van der Waals surface area contributed by atoms with Crippen LogP contribution in [0.2, 0.25) is 0 Å². The Balaban J connectivity index is 2.61. The summed E-state index contributed by atoms with van der Waals surface area (Å²) in [5.41, 5.74) is 6.74. The molecule has 0 aliphatic rings. The van der Waals surface area contributed by atoms with Crippen molar-refractivity contribution in [2.24, 2.45) is 5.73 Å². The van der Waals surface area contributed by atoms with E-state index in [0.717, 1.165) is 17.8 Å². The van der Waals surface area contributed by atoms with Gasteiger partial charge in [-0.3, -0.25) is 4.79 Å². The first kappa shape index (κ1) is 14.4. The molecule has 0 aliphatic carbocycles. The number of amides is 1. The minimum absolute atomic E-state index is 0.106. The van der Waals surface area contributed by atoms with Gasteiger partial charge in [-0.15, -0.1) is 0 Å². The number of anilines is 1. The van der Waals surface area contributed by atoms with Gasteiger partial charge in [0, 0.05) is 32.4 Å². The Hall–Kier alpha value is -1.62. The second kappa shape index (κ2) is 6.96. The van der Waals surface area contributed by atoms with Crippen LogP contribution in [0.5, 0.6) is 0 Å². The van der Waals surface area contributed by atoms with E-state index in [2.05, 4.69) is 10.3 Å². The second-order valence-electron chi connectivity index (χ2n) is 4.49. The van der Waals surface area contributed by atoms with Crippen LogP contribution < -0.4 is 16.0 Å². The molecule has 1 rings (SSSR count). The Kier molecular flexibility index (Phi) is 5.58. The Labute approximate surface area is 108 Å². The molecule has 1 atom stereocenters. The van der Waals surface area contributed by atoms with E-state index in [-0.39, 0.29) is 5.91 Å². The maximum Gasteiger partial charge on any atom is 0.237 e. The van der Waals surface area contributed by atoms with Gasteiger partial charge >= 0.3 is 0 Å². The third kappa shape index (κ3) is 4.00. The van der Waals surface area contributed by atoms with Crippen LogP contribution in [0.4, 0.5) is 5.82 Å². The maximum atomic E-state index is 11.7. The molecule has 1 unspecified atom stereocenters. The first-order valence-corrected chi connectivity index (χ1v) is 6.20. The van der Waals surface area contributed by atoms with Crippen molar-refractivity contribution in [1.29, 1.82) is 0 Å². The molecule has 0 aromatic carbocycles. The van der Waals surface area contributed by atoms with E-state index in [9.17, 15) is 4.79 Å². The molecule has 0 fully saturated rings. The van der Waals surface area contributed by atoms with Crippen LogP contribution in [0.25, 0.3) is 0 Å². The first-order chi connectivity index (χ1) is 8.56. The van der Waals surface area contributed by atoms with Gasteiger partial charge in [0.25, 0.3) is 0 Å². The van der Waals surface area contributed by atoms with E-state index >= 15 is 0 Å². The van der Waals surface area contributed by atoms with Crippen LogP contribution in [0.1, 0.15) is 25.3 Å². The summed E-state index contributed by atoms with van der Waals surface area (Å²) >= 11 is 0. The van der Waals surface area contributed by atoms with Crippen molar-refractivity contribution in [3.63, 3.8) is 0 Å². The van der Waals surface area contributed by atoms with Crippen molar-refractivity contribution in [3.05, 3.63) is 23.9 Å². The van der Waals surface area contributed by atoms with Crippen molar-refractivity contribution < 1.29 is 4.79 Å². The zero-order chi connectivity index (χ0) is 13.5. The Bertz CT molecular complexity index is 392. The third-order valence-corrected chi connectivity index (χ3v) is 2.68. The molecular weight excluding hydrogens is 228 g/mol. The summed E-state index contributed by atoms with van der Waals surface area (Å²) in [7, 11) is 3.85. The van der Waals surface area contributed by atoms with Crippen LogP contribution in [0.15, 0.2) is 18.3 Å². The smallest absolute Gasteiger partial charge is 0.237 e. The fourth-order valence-corrected chi connectivity index (χ4v) is 1.73. The molecule has 0 radical (unpaired) electrons. The van der Waals surface area contributed by atoms with E-state index in [0.29, 0.717) is 13.0 Å². The fourth-order valence-electron chi connectivity index (χ4n) is 1.73. The molecule has 5 nitrogen and oxygen atoms in total. The highest BCUT2D eigenvalue weighted by molar-refractivity contribution is 5.81. The van der Waals surface area contributed by atoms with Gasteiger partial charge < -0.3 is 16.0 Å². The van der Waals surface area contributed by atoms with Gasteiger partial charge in [0.05, 0.1) is 6.04 Å². The number of pyridine rings is 1. The minimum Gasteiger partial charge on any atom is -0.362 e. The van der Waals surface area contributed by atoms with Gasteiger partial charge in [-0.2, -0.15) is 0 Å². The SMILES string of the molecule is CCCC(N)C(=O)NCc1cccnc1N(C)C. The molecule has 1 heterocycles. The molecule has 18 heavy (non-hydrogen) atoms. The number of nitrogens with one attached hydrogen (secondary N) is 1. The van der Waals surface area contributed by atoms with Gasteiger partial charge in [-0.1, -0.05) is 19.4 Å². The predicted molar refractivity (Wildman–Crippen MR) is 73.3 cm³/mol. The zero-order valence-electron chi connectivity index (χ0n) is 11.3. The standard InChI is InChI=1S/C13H22N4O/c1-4-6-11(14)13(18)16-9-10-7-5-8-15-12(10)17(2)3/h5,7-8,11H,4,6,9,14H2,1-3H3,(H,16,18). The average molecular weight is 250 g/mol. The highest BCUT2D eigenvalue weighted by Gasteiger charge is 2.13. The molecule has 5 heteroatoms. The van der Waals surface area contributed by atoms with Crippen LogP contribution in [-0.4, -0.2) is 31.0 Å². The number of rotatable bonds is 6. The maximum absolute atomic E-state index is 11.7. The monoisotopic (exact) mass is 250 g/mol. The van der Waals surface area contributed by atoms with Crippen molar-refractivity contribution in [1.82, 2.24) is 10.3 Å². The highest BCUT2D eigenvalue weighted by atomic mass is 16.2. The largest absolute Gasteiger partial charge is 0.362 e. The lowest BCUT2D eigenvalue weighted by molar-refractivity contribution is -0.122. The first-order valence-electron chi connectivity index (χ1n) is 6.20. The normalized spacial score (nSPS) is 12.0. The molecule has 0 aliphatic heterocycles. The van der Waals surface area contributed by atoms with E-state index in [1.807, 2.05) is 38.1 Å². The molecule has 0 spiro atoms. The number of hydrogen-bond acceptors (Lipinski definition) is 4. The molecule has 0 saturated heterocycles. The van der Waals surface area contributed by atoms with Crippen molar-refractivity contribution in [2.75, 3.05) is 19.0 Å². The van der Waals surface area contributed by atoms with Crippen molar-refractivity contribution in [2.45, 2.75) is 32.4 Å². The Morgan fingerprint density at radius 1 is 1.56 bits per heavy atom. The fraction of sp³-hybridized carbons (Fsp3) is 0.538. The number of hydrogen-bond donors (Lipinski definition) is 2. The summed E-state index contributed by atoms with van der Waals surface area (Å²) in [6, 6.07) is 3.39. The predicted octanol–water partition coefficient (Wildman–Crippen LogP) is 0.891. The molecular formula is C13H22N4O. The van der Waals surface area contributed by atoms with Gasteiger partial charge in [-0.05, 0) is 12.5 Å². The van der Waals surface area contributed by atoms with Gasteiger partial charge in [0.1, 0.15) is 5.82 Å². The zero-order valence-corrected chi connectivity index (χ0v) is 11.3. The Morgan fingerprint density at radius 2 is 2.28 bits per heavy atom. The summed E-state index contributed by atoms with van der Waals surface area (Å²) in [5, 5.41) is 2.85. The summed E-state index contributed by atoms with van der Waals surface area (Å²) in [5.74, 6) is 0.757. The van der Waals surface area contributed by atoms with Crippen molar-refractivity contribution >= 4 is 11.7 Å². The lowest BCUT2D eigenvalue weighted by Crippen LogP contribution is -2.40. The number of carbonyl (C=O) groups is 1. The summed E-state index contributed by atoms with van der Waals surface area (Å²) < 4.78 is 0. The van der Waals surface area contributed by atoms with Crippen LogP contribution >= 0.6 is 0 Å². The summed E-state index contributed by atoms with van der Waals surface area (Å²) in [6.07, 6.45) is 3.35. The molecule has 0 saturated carbocycles. The van der Waals surface area contributed by atoms with E-state index in [1.54, 1.807) is 6.20 Å². The molecule has 1 amide bonds. The summed E-state index contributed by atoms with van der Waals surface area (Å²) in [4.78, 5) is 17.9. The number of carbonyl (C=O) groups excluding carboxylic acids is 1. The van der Waals surface area contributed by atoms with E-state index in [1.165, 1.54) is 0 Å².